The van der Waals surface area contributed by atoms with Gasteiger partial charge in [-0.15, -0.1) is 0 Å². The van der Waals surface area contributed by atoms with E-state index in [1.54, 1.807) is 13.4 Å². The van der Waals surface area contributed by atoms with E-state index in [2.05, 4.69) is 5.32 Å². The van der Waals surface area contributed by atoms with Crippen LogP contribution in [0.15, 0.2) is 41.0 Å². The lowest BCUT2D eigenvalue weighted by atomic mass is 10.0. The quantitative estimate of drug-likeness (QED) is 0.674. The summed E-state index contributed by atoms with van der Waals surface area (Å²) in [5.41, 5.74) is 1.46. The number of methoxy groups -OCH3 is 2. The van der Waals surface area contributed by atoms with Gasteiger partial charge in [0.2, 0.25) is 5.91 Å². The van der Waals surface area contributed by atoms with Gasteiger partial charge in [-0.1, -0.05) is 26.0 Å². The topological polar surface area (TPSA) is 77.8 Å². The van der Waals surface area contributed by atoms with Crippen molar-refractivity contribution in [2.45, 2.75) is 26.3 Å². The molecule has 3 rings (SSSR count). The molecule has 27 heavy (non-hydrogen) atoms. The Kier molecular flexibility index (Phi) is 5.35. The first-order chi connectivity index (χ1) is 12.9. The van der Waals surface area contributed by atoms with Crippen LogP contribution >= 0.6 is 0 Å². The molecule has 0 saturated heterocycles. The van der Waals surface area contributed by atoms with Crippen LogP contribution in [0.5, 0.6) is 5.75 Å². The number of ether oxygens (including phenoxy) is 2. The van der Waals surface area contributed by atoms with Crippen LogP contribution in [0, 0.1) is 5.92 Å². The summed E-state index contributed by atoms with van der Waals surface area (Å²) < 4.78 is 15.7. The first-order valence-electron chi connectivity index (χ1n) is 8.78. The van der Waals surface area contributed by atoms with E-state index < -0.39 is 12.0 Å². The van der Waals surface area contributed by atoms with Gasteiger partial charge in [0.25, 0.3) is 0 Å². The first kappa shape index (κ1) is 18.8. The average Bonchev–Trinajstić information content (AvgIpc) is 3.08. The highest BCUT2D eigenvalue weighted by Gasteiger charge is 2.25. The van der Waals surface area contributed by atoms with Gasteiger partial charge in [0.1, 0.15) is 17.4 Å². The molecule has 0 aliphatic rings. The van der Waals surface area contributed by atoms with Crippen LogP contribution in [0.2, 0.25) is 0 Å². The summed E-state index contributed by atoms with van der Waals surface area (Å²) in [7, 11) is 2.93. The molecular formula is C21H23NO5. The maximum absolute atomic E-state index is 12.6. The smallest absolute Gasteiger partial charge is 0.328 e. The van der Waals surface area contributed by atoms with Crippen LogP contribution in [0.3, 0.4) is 0 Å². The molecule has 0 unspecified atom stereocenters. The van der Waals surface area contributed by atoms with Crippen LogP contribution in [0.4, 0.5) is 0 Å². The van der Waals surface area contributed by atoms with Crippen LogP contribution in [0.25, 0.3) is 21.7 Å². The molecule has 3 aromatic rings. The summed E-state index contributed by atoms with van der Waals surface area (Å²) in [4.78, 5) is 24.4. The molecule has 0 aliphatic heterocycles. The molecule has 1 amide bonds. The van der Waals surface area contributed by atoms with Gasteiger partial charge in [-0.05, 0) is 34.9 Å². The van der Waals surface area contributed by atoms with Crippen molar-refractivity contribution in [3.05, 3.63) is 42.2 Å². The molecular weight excluding hydrogens is 346 g/mol. The Bertz CT molecular complexity index is 989. The summed E-state index contributed by atoms with van der Waals surface area (Å²) in [6.45, 7) is 3.71. The van der Waals surface area contributed by atoms with Crippen molar-refractivity contribution >= 4 is 33.6 Å². The summed E-state index contributed by atoms with van der Waals surface area (Å²) in [5.74, 6) is -0.0583. The van der Waals surface area contributed by atoms with Gasteiger partial charge in [0, 0.05) is 10.9 Å². The molecule has 0 radical (unpaired) electrons. The minimum Gasteiger partial charge on any atom is -0.497 e. The Morgan fingerprint density at radius 2 is 1.89 bits per heavy atom. The fraction of sp³-hybridized carbons (Fsp3) is 0.333. The second-order valence-corrected chi connectivity index (χ2v) is 6.78. The zero-order valence-electron chi connectivity index (χ0n) is 15.9. The number of hydrogen-bond donors (Lipinski definition) is 1. The molecule has 1 atom stereocenters. The number of rotatable bonds is 6. The van der Waals surface area contributed by atoms with Gasteiger partial charge in [-0.25, -0.2) is 4.79 Å². The third-order valence-electron chi connectivity index (χ3n) is 4.63. The molecule has 1 N–H and O–H groups in total. The molecule has 1 aromatic heterocycles. The number of esters is 1. The second kappa shape index (κ2) is 7.70. The molecule has 0 saturated carbocycles. The molecule has 0 fully saturated rings. The molecule has 0 aliphatic carbocycles. The average molecular weight is 369 g/mol. The zero-order chi connectivity index (χ0) is 19.6. The molecule has 1 heterocycles. The number of carbonyl (C=O) groups excluding carboxylic acids is 2. The van der Waals surface area contributed by atoms with E-state index in [1.165, 1.54) is 7.11 Å². The van der Waals surface area contributed by atoms with Gasteiger partial charge in [0.15, 0.2) is 0 Å². The maximum atomic E-state index is 12.6. The van der Waals surface area contributed by atoms with E-state index >= 15 is 0 Å². The van der Waals surface area contributed by atoms with E-state index in [1.807, 2.05) is 44.2 Å². The van der Waals surface area contributed by atoms with Gasteiger partial charge in [-0.2, -0.15) is 0 Å². The fourth-order valence-corrected chi connectivity index (χ4v) is 3.18. The van der Waals surface area contributed by atoms with Gasteiger partial charge >= 0.3 is 5.97 Å². The van der Waals surface area contributed by atoms with E-state index in [0.29, 0.717) is 5.58 Å². The lowest BCUT2D eigenvalue weighted by Gasteiger charge is -2.19. The van der Waals surface area contributed by atoms with Crippen LogP contribution in [0.1, 0.15) is 19.4 Å². The Morgan fingerprint density at radius 3 is 2.56 bits per heavy atom. The van der Waals surface area contributed by atoms with E-state index in [0.717, 1.165) is 27.5 Å². The number of amides is 1. The number of furan rings is 1. The summed E-state index contributed by atoms with van der Waals surface area (Å²) in [6, 6.07) is 8.96. The summed E-state index contributed by atoms with van der Waals surface area (Å²) in [6.07, 6.45) is 1.69. The van der Waals surface area contributed by atoms with Gasteiger partial charge in [-0.3, -0.25) is 4.79 Å². The van der Waals surface area contributed by atoms with Crippen molar-refractivity contribution in [3.8, 4) is 5.75 Å². The van der Waals surface area contributed by atoms with Gasteiger partial charge in [0.05, 0.1) is 26.9 Å². The maximum Gasteiger partial charge on any atom is 0.328 e. The van der Waals surface area contributed by atoms with E-state index in [9.17, 15) is 9.59 Å². The highest BCUT2D eigenvalue weighted by molar-refractivity contribution is 6.09. The van der Waals surface area contributed by atoms with Crippen molar-refractivity contribution in [2.75, 3.05) is 14.2 Å². The third-order valence-corrected chi connectivity index (χ3v) is 4.63. The fourth-order valence-electron chi connectivity index (χ4n) is 3.18. The Morgan fingerprint density at radius 1 is 1.15 bits per heavy atom. The molecule has 2 aromatic carbocycles. The van der Waals surface area contributed by atoms with Crippen molar-refractivity contribution in [2.24, 2.45) is 5.92 Å². The molecule has 0 bridgehead atoms. The third kappa shape index (κ3) is 3.74. The van der Waals surface area contributed by atoms with Crippen LogP contribution in [-0.2, 0) is 20.7 Å². The van der Waals surface area contributed by atoms with Gasteiger partial charge < -0.3 is 19.2 Å². The number of carbonyl (C=O) groups is 2. The number of hydrogen-bond acceptors (Lipinski definition) is 5. The normalized spacial score (nSPS) is 12.3. The minimum absolute atomic E-state index is 0.0763. The minimum atomic E-state index is -0.683. The molecule has 0 spiro atoms. The largest absolute Gasteiger partial charge is 0.497 e. The monoisotopic (exact) mass is 369 g/mol. The number of fused-ring (bicyclic) bond motifs is 3. The van der Waals surface area contributed by atoms with Crippen molar-refractivity contribution < 1.29 is 23.5 Å². The van der Waals surface area contributed by atoms with Crippen molar-refractivity contribution in [1.29, 1.82) is 0 Å². The Balaban J connectivity index is 1.94. The lowest BCUT2D eigenvalue weighted by Crippen LogP contribution is -2.45. The molecule has 6 nitrogen and oxygen atoms in total. The van der Waals surface area contributed by atoms with Crippen molar-refractivity contribution in [1.82, 2.24) is 5.32 Å². The van der Waals surface area contributed by atoms with E-state index in [-0.39, 0.29) is 18.2 Å². The standard InChI is InChI=1S/C21H23NO5/c1-12(2)20(21(24)26-4)22-18(23)9-14-11-27-17-8-6-13-5-7-15(25-3)10-16(13)19(14)17/h5-8,10-12,20H,9H2,1-4H3,(H,22,23)/t20-/m0/s1. The van der Waals surface area contributed by atoms with E-state index in [4.69, 9.17) is 13.9 Å². The molecule has 6 heteroatoms. The number of benzene rings is 2. The predicted molar refractivity (Wildman–Crippen MR) is 103 cm³/mol. The lowest BCUT2D eigenvalue weighted by molar-refractivity contribution is -0.146. The second-order valence-electron chi connectivity index (χ2n) is 6.78. The summed E-state index contributed by atoms with van der Waals surface area (Å²) in [5, 5.41) is 5.62. The van der Waals surface area contributed by atoms with Crippen LogP contribution < -0.4 is 10.1 Å². The number of nitrogens with one attached hydrogen (secondary N) is 1. The Hall–Kier alpha value is -3.02. The molecule has 142 valence electrons. The van der Waals surface area contributed by atoms with Crippen molar-refractivity contribution in [3.63, 3.8) is 0 Å². The van der Waals surface area contributed by atoms with Crippen LogP contribution in [-0.4, -0.2) is 32.1 Å². The SMILES string of the molecule is COC(=O)[C@@H](NC(=O)Cc1coc2ccc3ccc(OC)cc3c12)C(C)C. The summed E-state index contributed by atoms with van der Waals surface area (Å²) >= 11 is 0. The predicted octanol–water partition coefficient (Wildman–Crippen LogP) is 3.45. The first-order valence-corrected chi connectivity index (χ1v) is 8.78. The highest BCUT2D eigenvalue weighted by Crippen LogP contribution is 2.32. The highest BCUT2D eigenvalue weighted by atomic mass is 16.5. The Labute approximate surface area is 157 Å². The zero-order valence-corrected chi connectivity index (χ0v) is 15.9.